The van der Waals surface area contributed by atoms with Crippen molar-refractivity contribution in [3.8, 4) is 11.5 Å². The molecule has 1 aromatic carbocycles. The standard InChI is InChI=1S/C16H13ClF3N5O2/c1-9(14-22-15(27-24-14)10-2-4-11(17)5-3-10)21-13(26)8-25-7-6-12(23-25)16(18,19)20/h2-7,9H,8H2,1H3,(H,21,26). The maximum absolute atomic E-state index is 12.5. The van der Waals surface area contributed by atoms with Gasteiger partial charge in [0.25, 0.3) is 5.89 Å². The zero-order valence-corrected chi connectivity index (χ0v) is 14.6. The van der Waals surface area contributed by atoms with Crippen LogP contribution < -0.4 is 5.32 Å². The fourth-order valence-electron chi connectivity index (χ4n) is 2.22. The predicted octanol–water partition coefficient (Wildman–Crippen LogP) is 3.48. The number of carbonyl (C=O) groups excluding carboxylic acids is 1. The molecule has 1 atom stereocenters. The molecule has 0 bridgehead atoms. The van der Waals surface area contributed by atoms with Crippen LogP contribution in [0.25, 0.3) is 11.5 Å². The molecular formula is C16H13ClF3N5O2. The maximum Gasteiger partial charge on any atom is 0.435 e. The van der Waals surface area contributed by atoms with Gasteiger partial charge >= 0.3 is 6.18 Å². The largest absolute Gasteiger partial charge is 0.435 e. The van der Waals surface area contributed by atoms with Gasteiger partial charge in [-0.3, -0.25) is 9.48 Å². The first-order chi connectivity index (χ1) is 12.7. The van der Waals surface area contributed by atoms with Gasteiger partial charge in [-0.05, 0) is 37.3 Å². The molecule has 2 heterocycles. The first-order valence-electron chi connectivity index (χ1n) is 7.72. The van der Waals surface area contributed by atoms with Crippen molar-refractivity contribution in [2.75, 3.05) is 0 Å². The highest BCUT2D eigenvalue weighted by Crippen LogP contribution is 2.27. The number of hydrogen-bond acceptors (Lipinski definition) is 5. The SMILES string of the molecule is CC(NC(=O)Cn1ccc(C(F)(F)F)n1)c1noc(-c2ccc(Cl)cc2)n1. The van der Waals surface area contributed by atoms with Gasteiger partial charge in [0.2, 0.25) is 5.91 Å². The number of rotatable bonds is 5. The summed E-state index contributed by atoms with van der Waals surface area (Å²) < 4.78 is 43.6. The molecule has 3 aromatic rings. The van der Waals surface area contributed by atoms with Gasteiger partial charge in [-0.1, -0.05) is 16.8 Å². The van der Waals surface area contributed by atoms with Crippen molar-refractivity contribution in [3.05, 3.63) is 53.1 Å². The van der Waals surface area contributed by atoms with Crippen LogP contribution in [-0.2, 0) is 17.5 Å². The lowest BCUT2D eigenvalue weighted by molar-refractivity contribution is -0.141. The summed E-state index contributed by atoms with van der Waals surface area (Å²) >= 11 is 5.82. The van der Waals surface area contributed by atoms with Crippen LogP contribution in [0, 0.1) is 0 Å². The second kappa shape index (κ2) is 7.39. The van der Waals surface area contributed by atoms with Gasteiger partial charge in [0, 0.05) is 16.8 Å². The molecule has 3 rings (SSSR count). The third-order valence-electron chi connectivity index (χ3n) is 3.53. The highest BCUT2D eigenvalue weighted by molar-refractivity contribution is 6.30. The van der Waals surface area contributed by atoms with E-state index in [4.69, 9.17) is 16.1 Å². The van der Waals surface area contributed by atoms with Crippen LogP contribution in [0.4, 0.5) is 13.2 Å². The third kappa shape index (κ3) is 4.64. The van der Waals surface area contributed by atoms with E-state index < -0.39 is 23.8 Å². The average Bonchev–Trinajstić information content (AvgIpc) is 3.24. The van der Waals surface area contributed by atoms with E-state index in [-0.39, 0.29) is 18.3 Å². The van der Waals surface area contributed by atoms with E-state index in [1.165, 1.54) is 0 Å². The second-order valence-electron chi connectivity index (χ2n) is 5.65. The first-order valence-corrected chi connectivity index (χ1v) is 8.10. The molecule has 11 heteroatoms. The third-order valence-corrected chi connectivity index (χ3v) is 3.79. The molecule has 1 unspecified atom stereocenters. The molecule has 0 spiro atoms. The van der Waals surface area contributed by atoms with E-state index in [1.807, 2.05) is 0 Å². The van der Waals surface area contributed by atoms with Crippen LogP contribution in [0.1, 0.15) is 24.5 Å². The Morgan fingerprint density at radius 3 is 2.63 bits per heavy atom. The average molecular weight is 400 g/mol. The lowest BCUT2D eigenvalue weighted by Crippen LogP contribution is -2.31. The molecule has 2 aromatic heterocycles. The van der Waals surface area contributed by atoms with Crippen LogP contribution in [-0.4, -0.2) is 25.8 Å². The summed E-state index contributed by atoms with van der Waals surface area (Å²) in [5, 5.41) is 10.3. The topological polar surface area (TPSA) is 85.8 Å². The smallest absolute Gasteiger partial charge is 0.345 e. The highest BCUT2D eigenvalue weighted by atomic mass is 35.5. The van der Waals surface area contributed by atoms with Crippen LogP contribution in [0.5, 0.6) is 0 Å². The van der Waals surface area contributed by atoms with Crippen LogP contribution in [0.15, 0.2) is 41.1 Å². The minimum Gasteiger partial charge on any atom is -0.345 e. The molecule has 0 aliphatic heterocycles. The van der Waals surface area contributed by atoms with Gasteiger partial charge in [-0.25, -0.2) is 0 Å². The van der Waals surface area contributed by atoms with Crippen molar-refractivity contribution in [2.24, 2.45) is 0 Å². The molecule has 0 saturated carbocycles. The van der Waals surface area contributed by atoms with E-state index in [2.05, 4.69) is 20.6 Å². The Morgan fingerprint density at radius 2 is 2.00 bits per heavy atom. The van der Waals surface area contributed by atoms with Crippen LogP contribution >= 0.6 is 11.6 Å². The number of aromatic nitrogens is 4. The molecular weight excluding hydrogens is 387 g/mol. The summed E-state index contributed by atoms with van der Waals surface area (Å²) in [6.07, 6.45) is -3.47. The van der Waals surface area contributed by atoms with Crippen molar-refractivity contribution >= 4 is 17.5 Å². The van der Waals surface area contributed by atoms with Gasteiger partial charge in [0.15, 0.2) is 11.5 Å². The summed E-state index contributed by atoms with van der Waals surface area (Å²) in [4.78, 5) is 16.2. The summed E-state index contributed by atoms with van der Waals surface area (Å²) in [5.41, 5.74) is -0.401. The number of alkyl halides is 3. The Kier molecular flexibility index (Phi) is 5.17. The first kappa shape index (κ1) is 18.9. The second-order valence-corrected chi connectivity index (χ2v) is 6.09. The zero-order chi connectivity index (χ0) is 19.6. The number of nitrogens with zero attached hydrogens (tertiary/aromatic N) is 4. The van der Waals surface area contributed by atoms with Crippen molar-refractivity contribution in [1.82, 2.24) is 25.2 Å². The molecule has 0 aliphatic rings. The molecule has 1 amide bonds. The Labute approximate surface area is 156 Å². The summed E-state index contributed by atoms with van der Waals surface area (Å²) in [6.45, 7) is 1.25. The van der Waals surface area contributed by atoms with Crippen molar-refractivity contribution < 1.29 is 22.5 Å². The number of amides is 1. The van der Waals surface area contributed by atoms with Crippen LogP contribution in [0.3, 0.4) is 0 Å². The van der Waals surface area contributed by atoms with Gasteiger partial charge < -0.3 is 9.84 Å². The molecule has 7 nitrogen and oxygen atoms in total. The Morgan fingerprint density at radius 1 is 1.30 bits per heavy atom. The quantitative estimate of drug-likeness (QED) is 0.709. The van der Waals surface area contributed by atoms with Gasteiger partial charge in [-0.2, -0.15) is 23.3 Å². The molecule has 0 fully saturated rings. The normalized spacial score (nSPS) is 12.8. The molecule has 27 heavy (non-hydrogen) atoms. The highest BCUT2D eigenvalue weighted by Gasteiger charge is 2.33. The lowest BCUT2D eigenvalue weighted by atomic mass is 10.2. The van der Waals surface area contributed by atoms with Crippen molar-refractivity contribution in [2.45, 2.75) is 25.7 Å². The van der Waals surface area contributed by atoms with Crippen molar-refractivity contribution in [3.63, 3.8) is 0 Å². The van der Waals surface area contributed by atoms with Gasteiger partial charge in [0.1, 0.15) is 6.54 Å². The number of hydrogen-bond donors (Lipinski definition) is 1. The lowest BCUT2D eigenvalue weighted by Gasteiger charge is -2.10. The molecule has 0 aliphatic carbocycles. The molecule has 142 valence electrons. The molecule has 0 radical (unpaired) electrons. The van der Waals surface area contributed by atoms with E-state index >= 15 is 0 Å². The number of benzene rings is 1. The number of carbonyl (C=O) groups is 1. The van der Waals surface area contributed by atoms with E-state index in [1.54, 1.807) is 31.2 Å². The molecule has 0 saturated heterocycles. The fraction of sp³-hybridized carbons (Fsp3) is 0.250. The van der Waals surface area contributed by atoms with Crippen molar-refractivity contribution in [1.29, 1.82) is 0 Å². The van der Waals surface area contributed by atoms with Crippen LogP contribution in [0.2, 0.25) is 5.02 Å². The Balaban J connectivity index is 1.61. The predicted molar refractivity (Wildman–Crippen MR) is 88.5 cm³/mol. The molecule has 1 N–H and O–H groups in total. The summed E-state index contributed by atoms with van der Waals surface area (Å²) in [5.74, 6) is -0.0634. The van der Waals surface area contributed by atoms with E-state index in [9.17, 15) is 18.0 Å². The van der Waals surface area contributed by atoms with E-state index in [0.717, 1.165) is 16.9 Å². The summed E-state index contributed by atoms with van der Waals surface area (Å²) in [7, 11) is 0. The minimum absolute atomic E-state index is 0.227. The van der Waals surface area contributed by atoms with Gasteiger partial charge in [-0.15, -0.1) is 0 Å². The number of halogens is 4. The summed E-state index contributed by atoms with van der Waals surface area (Å²) in [6, 6.07) is 6.95. The number of nitrogens with one attached hydrogen (secondary N) is 1. The van der Waals surface area contributed by atoms with E-state index in [0.29, 0.717) is 10.6 Å². The maximum atomic E-state index is 12.5. The Hall–Kier alpha value is -2.88. The monoisotopic (exact) mass is 399 g/mol. The Bertz CT molecular complexity index is 936. The minimum atomic E-state index is -4.56. The fourth-order valence-corrected chi connectivity index (χ4v) is 2.35. The van der Waals surface area contributed by atoms with Gasteiger partial charge in [0.05, 0.1) is 6.04 Å². The zero-order valence-electron chi connectivity index (χ0n) is 13.9.